The predicted molar refractivity (Wildman–Crippen MR) is 192 cm³/mol. The number of hydrogen-bond acceptors (Lipinski definition) is 6. The lowest BCUT2D eigenvalue weighted by atomic mass is 10.1. The Morgan fingerprint density at radius 3 is 1.62 bits per heavy atom. The molecule has 8 nitrogen and oxygen atoms in total. The van der Waals surface area contributed by atoms with Crippen LogP contribution >= 0.6 is 0 Å². The standard InChI is InChI=1S/C39H71NO7/c1-6-8-10-12-14-15-16-17-18-19-20-21-22-24-25-27-29-37(41)46-34-35(33-45-32-31-36(39(43)44)40(3,4)5)47-38(42)30-28-26-23-13-11-9-7-2/h18-21,35-36H,6-17,22-34H2,1-5H3/p+1/b19-18+,21-20+. The zero-order valence-electron chi connectivity index (χ0n) is 31.0. The lowest BCUT2D eigenvalue weighted by Gasteiger charge is -2.31. The molecule has 2 atom stereocenters. The van der Waals surface area contributed by atoms with Gasteiger partial charge in [-0.2, -0.15) is 0 Å². The number of nitrogens with zero attached hydrogens (tertiary/aromatic N) is 1. The zero-order chi connectivity index (χ0) is 35.0. The van der Waals surface area contributed by atoms with Crippen molar-refractivity contribution in [1.29, 1.82) is 0 Å². The average molecular weight is 667 g/mol. The number of unbranched alkanes of at least 4 members (excludes halogenated alkanes) is 16. The Balaban J connectivity index is 4.38. The molecule has 0 saturated heterocycles. The molecule has 0 saturated carbocycles. The van der Waals surface area contributed by atoms with E-state index in [0.29, 0.717) is 19.3 Å². The molecule has 0 aliphatic heterocycles. The van der Waals surface area contributed by atoms with E-state index in [9.17, 15) is 19.5 Å². The summed E-state index contributed by atoms with van der Waals surface area (Å²) in [5.74, 6) is -1.51. The molecule has 8 heteroatoms. The molecule has 47 heavy (non-hydrogen) atoms. The van der Waals surface area contributed by atoms with Gasteiger partial charge in [-0.15, -0.1) is 0 Å². The van der Waals surface area contributed by atoms with Gasteiger partial charge < -0.3 is 23.8 Å². The molecular formula is C39H72NO7+. The molecule has 0 aromatic rings. The van der Waals surface area contributed by atoms with Crippen molar-refractivity contribution in [3.63, 3.8) is 0 Å². The summed E-state index contributed by atoms with van der Waals surface area (Å²) in [6, 6.07) is -0.613. The van der Waals surface area contributed by atoms with Gasteiger partial charge >= 0.3 is 17.9 Å². The average Bonchev–Trinajstić information content (AvgIpc) is 3.01. The van der Waals surface area contributed by atoms with Gasteiger partial charge in [0.1, 0.15) is 6.61 Å². The van der Waals surface area contributed by atoms with Crippen LogP contribution in [0.15, 0.2) is 24.3 Å². The molecule has 274 valence electrons. The Labute approximate surface area is 288 Å². The summed E-state index contributed by atoms with van der Waals surface area (Å²) in [6.07, 6.45) is 30.9. The molecule has 0 bridgehead atoms. The third-order valence-corrected chi connectivity index (χ3v) is 8.38. The predicted octanol–water partition coefficient (Wildman–Crippen LogP) is 9.35. The van der Waals surface area contributed by atoms with E-state index in [1.807, 2.05) is 21.1 Å². The Morgan fingerprint density at radius 2 is 1.11 bits per heavy atom. The second kappa shape index (κ2) is 31.1. The number of allylic oxidation sites excluding steroid dienone is 4. The molecule has 0 radical (unpaired) electrons. The normalized spacial score (nSPS) is 13.3. The van der Waals surface area contributed by atoms with E-state index in [0.717, 1.165) is 51.4 Å². The summed E-state index contributed by atoms with van der Waals surface area (Å²) >= 11 is 0. The quantitative estimate of drug-likeness (QED) is 0.0322. The van der Waals surface area contributed by atoms with Crippen molar-refractivity contribution in [2.24, 2.45) is 0 Å². The molecule has 2 unspecified atom stereocenters. The Kier molecular flexibility index (Phi) is 29.7. The number of ether oxygens (including phenoxy) is 3. The summed E-state index contributed by atoms with van der Waals surface area (Å²) < 4.78 is 17.1. The summed E-state index contributed by atoms with van der Waals surface area (Å²) in [7, 11) is 5.50. The first kappa shape index (κ1) is 44.8. The first-order valence-corrected chi connectivity index (χ1v) is 18.9. The van der Waals surface area contributed by atoms with Crippen LogP contribution in [0.3, 0.4) is 0 Å². The molecule has 0 spiro atoms. The van der Waals surface area contributed by atoms with Crippen molar-refractivity contribution >= 4 is 17.9 Å². The smallest absolute Gasteiger partial charge is 0.362 e. The maximum absolute atomic E-state index is 12.5. The van der Waals surface area contributed by atoms with Crippen LogP contribution in [0.4, 0.5) is 0 Å². The van der Waals surface area contributed by atoms with E-state index < -0.39 is 18.1 Å². The van der Waals surface area contributed by atoms with Gasteiger partial charge in [0.25, 0.3) is 0 Å². The Bertz CT molecular complexity index is 834. The van der Waals surface area contributed by atoms with E-state index in [4.69, 9.17) is 14.2 Å². The van der Waals surface area contributed by atoms with Gasteiger partial charge in [-0.05, 0) is 38.5 Å². The fourth-order valence-corrected chi connectivity index (χ4v) is 5.37. The highest BCUT2D eigenvalue weighted by Gasteiger charge is 2.31. The van der Waals surface area contributed by atoms with Crippen LogP contribution in [0, 0.1) is 0 Å². The van der Waals surface area contributed by atoms with Gasteiger partial charge in [0.15, 0.2) is 12.1 Å². The van der Waals surface area contributed by atoms with Gasteiger partial charge in [-0.1, -0.05) is 122 Å². The maximum Gasteiger partial charge on any atom is 0.362 e. The summed E-state index contributed by atoms with van der Waals surface area (Å²) in [4.78, 5) is 36.6. The molecule has 0 fully saturated rings. The summed E-state index contributed by atoms with van der Waals surface area (Å²) in [5.41, 5.74) is 0. The third-order valence-electron chi connectivity index (χ3n) is 8.38. The van der Waals surface area contributed by atoms with Crippen molar-refractivity contribution in [3.8, 4) is 0 Å². The van der Waals surface area contributed by atoms with Crippen LogP contribution in [-0.2, 0) is 28.6 Å². The minimum atomic E-state index is -0.880. The van der Waals surface area contributed by atoms with E-state index in [2.05, 4.69) is 38.2 Å². The van der Waals surface area contributed by atoms with Gasteiger partial charge in [0.05, 0.1) is 34.4 Å². The molecular weight excluding hydrogens is 594 g/mol. The second-order valence-electron chi connectivity index (χ2n) is 13.9. The van der Waals surface area contributed by atoms with Crippen LogP contribution in [0.1, 0.15) is 155 Å². The number of quaternary nitrogens is 1. The molecule has 0 rings (SSSR count). The second-order valence-corrected chi connectivity index (χ2v) is 13.9. The van der Waals surface area contributed by atoms with Crippen LogP contribution in [-0.4, -0.2) is 80.6 Å². The molecule has 1 N–H and O–H groups in total. The van der Waals surface area contributed by atoms with E-state index in [1.54, 1.807) is 0 Å². The molecule has 0 aromatic heterocycles. The highest BCUT2D eigenvalue weighted by Crippen LogP contribution is 2.13. The third kappa shape index (κ3) is 29.7. The number of aliphatic carboxylic acids is 1. The molecule has 0 heterocycles. The highest BCUT2D eigenvalue weighted by molar-refractivity contribution is 5.72. The van der Waals surface area contributed by atoms with Crippen molar-refractivity contribution in [3.05, 3.63) is 24.3 Å². The molecule has 0 aromatic carbocycles. The van der Waals surface area contributed by atoms with Gasteiger partial charge in [-0.3, -0.25) is 9.59 Å². The monoisotopic (exact) mass is 667 g/mol. The number of likely N-dealkylation sites (N-methyl/N-ethyl adjacent to an activating group) is 1. The van der Waals surface area contributed by atoms with E-state index in [1.165, 1.54) is 70.6 Å². The lowest BCUT2D eigenvalue weighted by Crippen LogP contribution is -2.50. The minimum Gasteiger partial charge on any atom is -0.477 e. The van der Waals surface area contributed by atoms with Gasteiger partial charge in [0, 0.05) is 19.3 Å². The van der Waals surface area contributed by atoms with Gasteiger partial charge in [-0.25, -0.2) is 4.79 Å². The summed E-state index contributed by atoms with van der Waals surface area (Å²) in [5, 5.41) is 9.55. The zero-order valence-corrected chi connectivity index (χ0v) is 31.0. The number of carbonyl (C=O) groups excluding carboxylic acids is 2. The molecule has 0 aliphatic rings. The van der Waals surface area contributed by atoms with Crippen molar-refractivity contribution in [2.75, 3.05) is 41.0 Å². The number of rotatable bonds is 33. The summed E-state index contributed by atoms with van der Waals surface area (Å²) in [6.45, 7) is 4.64. The van der Waals surface area contributed by atoms with Crippen molar-refractivity contribution in [2.45, 2.75) is 167 Å². The van der Waals surface area contributed by atoms with Crippen LogP contribution in [0.5, 0.6) is 0 Å². The number of esters is 2. The Hall–Kier alpha value is -2.19. The number of carbonyl (C=O) groups is 3. The number of carboxylic acid groups (broad SMARTS) is 1. The minimum absolute atomic E-state index is 0.0549. The maximum atomic E-state index is 12.5. The van der Waals surface area contributed by atoms with Gasteiger partial charge in [0.2, 0.25) is 0 Å². The SMILES string of the molecule is CCCCCCCCC/C=C/C=C/CCCCCC(=O)OCC(COCCC(C(=O)O)[N+](C)(C)C)OC(=O)CCCCCCCCC. The number of carboxylic acids is 1. The number of hydrogen-bond donors (Lipinski definition) is 1. The lowest BCUT2D eigenvalue weighted by molar-refractivity contribution is -0.887. The van der Waals surface area contributed by atoms with Crippen molar-refractivity contribution in [1.82, 2.24) is 0 Å². The Morgan fingerprint density at radius 1 is 0.638 bits per heavy atom. The largest absolute Gasteiger partial charge is 0.477 e. The topological polar surface area (TPSA) is 99.1 Å². The van der Waals surface area contributed by atoms with Crippen LogP contribution in [0.2, 0.25) is 0 Å². The molecule has 0 amide bonds. The van der Waals surface area contributed by atoms with E-state index >= 15 is 0 Å². The van der Waals surface area contributed by atoms with E-state index in [-0.39, 0.29) is 36.2 Å². The fraction of sp³-hybridized carbons (Fsp3) is 0.821. The fourth-order valence-electron chi connectivity index (χ4n) is 5.37. The van der Waals surface area contributed by atoms with Crippen molar-refractivity contribution < 1.29 is 38.2 Å². The first-order chi connectivity index (χ1) is 22.6. The highest BCUT2D eigenvalue weighted by atomic mass is 16.6. The van der Waals surface area contributed by atoms with Crippen LogP contribution in [0.25, 0.3) is 0 Å². The first-order valence-electron chi connectivity index (χ1n) is 18.9. The van der Waals surface area contributed by atoms with Crippen LogP contribution < -0.4 is 0 Å². The molecule has 0 aliphatic carbocycles.